The molecule has 4 rings (SSSR count). The molecule has 2 aromatic carbocycles. The highest BCUT2D eigenvalue weighted by Crippen LogP contribution is 2.29. The highest BCUT2D eigenvalue weighted by atomic mass is 16.5. The van der Waals surface area contributed by atoms with E-state index in [0.29, 0.717) is 24.3 Å². The molecule has 2 aliphatic rings. The van der Waals surface area contributed by atoms with Crippen LogP contribution in [0, 0.1) is 11.3 Å². The minimum Gasteiger partial charge on any atom is -0.491 e. The van der Waals surface area contributed by atoms with Gasteiger partial charge in [-0.05, 0) is 43.2 Å². The Hall–Kier alpha value is -3.11. The van der Waals surface area contributed by atoms with Gasteiger partial charge in [0.2, 0.25) is 5.91 Å². The summed E-state index contributed by atoms with van der Waals surface area (Å²) < 4.78 is 6.00. The van der Waals surface area contributed by atoms with Crippen LogP contribution in [-0.4, -0.2) is 53.2 Å². The Morgan fingerprint density at radius 2 is 1.97 bits per heavy atom. The van der Waals surface area contributed by atoms with E-state index in [-0.39, 0.29) is 29.6 Å². The first-order valence-corrected chi connectivity index (χ1v) is 9.92. The number of carboxylic acid groups (broad SMARTS) is 1. The van der Waals surface area contributed by atoms with Crippen molar-refractivity contribution in [2.75, 3.05) is 13.2 Å². The van der Waals surface area contributed by atoms with E-state index >= 15 is 0 Å². The topological polar surface area (TPSA) is 103 Å². The minimum atomic E-state index is -0.968. The molecule has 3 unspecified atom stereocenters. The Morgan fingerprint density at radius 1 is 1.17 bits per heavy atom. The van der Waals surface area contributed by atoms with Gasteiger partial charge >= 0.3 is 5.97 Å². The number of carbonyl (C=O) groups excluding carboxylic acids is 1. The van der Waals surface area contributed by atoms with Crippen molar-refractivity contribution in [1.82, 2.24) is 10.2 Å². The van der Waals surface area contributed by atoms with Crippen LogP contribution in [0.2, 0.25) is 0 Å². The van der Waals surface area contributed by atoms with E-state index in [1.54, 1.807) is 29.2 Å². The second kappa shape index (κ2) is 8.10. The average Bonchev–Trinajstić information content (AvgIpc) is 3.40. The smallest absolute Gasteiger partial charge is 0.336 e. The van der Waals surface area contributed by atoms with Crippen molar-refractivity contribution in [2.24, 2.45) is 0 Å². The number of nitrogens with zero attached hydrogens (tertiary/aromatic N) is 2. The maximum atomic E-state index is 12.7. The first-order valence-electron chi connectivity index (χ1n) is 9.92. The minimum absolute atomic E-state index is 0.00723. The molecule has 7 nitrogen and oxygen atoms in total. The van der Waals surface area contributed by atoms with Crippen LogP contribution in [0.3, 0.4) is 0 Å². The maximum Gasteiger partial charge on any atom is 0.336 e. The SMILES string of the molecule is N#CC1CCCN1C(=O)C1CCC(COc2ccc(C(=O)O)c3ccccc23)N1. The summed E-state index contributed by atoms with van der Waals surface area (Å²) in [5, 5.41) is 23.3. The quantitative estimate of drug-likeness (QED) is 0.809. The van der Waals surface area contributed by atoms with Gasteiger partial charge in [0.05, 0.1) is 17.7 Å². The number of aromatic carboxylic acids is 1. The second-order valence-corrected chi connectivity index (χ2v) is 7.59. The number of hydrogen-bond acceptors (Lipinski definition) is 5. The van der Waals surface area contributed by atoms with Crippen molar-refractivity contribution < 1.29 is 19.4 Å². The molecule has 2 fully saturated rings. The summed E-state index contributed by atoms with van der Waals surface area (Å²) in [6.07, 6.45) is 3.16. The molecule has 0 aliphatic carbocycles. The highest BCUT2D eigenvalue weighted by molar-refractivity contribution is 6.05. The molecule has 0 spiro atoms. The third-order valence-corrected chi connectivity index (χ3v) is 5.78. The zero-order valence-corrected chi connectivity index (χ0v) is 16.0. The van der Waals surface area contributed by atoms with Gasteiger partial charge in [-0.3, -0.25) is 10.1 Å². The maximum absolute atomic E-state index is 12.7. The Morgan fingerprint density at radius 3 is 2.72 bits per heavy atom. The summed E-state index contributed by atoms with van der Waals surface area (Å²) in [6, 6.07) is 12.2. The molecule has 2 aromatic rings. The van der Waals surface area contributed by atoms with Crippen molar-refractivity contribution in [1.29, 1.82) is 5.26 Å². The number of hydrogen-bond donors (Lipinski definition) is 2. The lowest BCUT2D eigenvalue weighted by Crippen LogP contribution is -2.47. The zero-order chi connectivity index (χ0) is 20.4. The molecule has 0 saturated carbocycles. The standard InChI is InChI=1S/C22H23N3O4/c23-12-15-4-3-11-25(15)21(26)19-9-7-14(24-19)13-29-20-10-8-18(22(27)28)16-5-1-2-6-17(16)20/h1-2,5-6,8,10,14-15,19,24H,3-4,7,9,11,13H2,(H,27,28). The van der Waals surface area contributed by atoms with E-state index in [4.69, 9.17) is 4.74 Å². The van der Waals surface area contributed by atoms with Crippen LogP contribution in [0.25, 0.3) is 10.8 Å². The van der Waals surface area contributed by atoms with E-state index in [2.05, 4.69) is 11.4 Å². The van der Waals surface area contributed by atoms with Crippen LogP contribution in [0.5, 0.6) is 5.75 Å². The zero-order valence-electron chi connectivity index (χ0n) is 16.0. The van der Waals surface area contributed by atoms with Crippen LogP contribution < -0.4 is 10.1 Å². The Labute approximate surface area is 168 Å². The van der Waals surface area contributed by atoms with E-state index < -0.39 is 5.97 Å². The Bertz CT molecular complexity index is 984. The largest absolute Gasteiger partial charge is 0.491 e. The van der Waals surface area contributed by atoms with Gasteiger partial charge in [0, 0.05) is 18.0 Å². The van der Waals surface area contributed by atoms with Gasteiger partial charge in [0.25, 0.3) is 0 Å². The number of carboxylic acids is 1. The monoisotopic (exact) mass is 393 g/mol. The van der Waals surface area contributed by atoms with Crippen molar-refractivity contribution in [3.05, 3.63) is 42.0 Å². The molecule has 0 radical (unpaired) electrons. The lowest BCUT2D eigenvalue weighted by Gasteiger charge is -2.24. The van der Waals surface area contributed by atoms with Crippen LogP contribution in [-0.2, 0) is 4.79 Å². The molecule has 150 valence electrons. The number of likely N-dealkylation sites (tertiary alicyclic amines) is 1. The number of ether oxygens (including phenoxy) is 1. The molecule has 29 heavy (non-hydrogen) atoms. The van der Waals surface area contributed by atoms with E-state index in [1.165, 1.54) is 0 Å². The number of carbonyl (C=O) groups is 2. The van der Waals surface area contributed by atoms with Crippen LogP contribution >= 0.6 is 0 Å². The van der Waals surface area contributed by atoms with Gasteiger partial charge in [-0.1, -0.05) is 24.3 Å². The summed E-state index contributed by atoms with van der Waals surface area (Å²) in [6.45, 7) is 1.04. The average molecular weight is 393 g/mol. The fraction of sp³-hybridized carbons (Fsp3) is 0.409. The molecule has 2 aliphatic heterocycles. The molecule has 7 heteroatoms. The van der Waals surface area contributed by atoms with Crippen molar-refractivity contribution in [3.63, 3.8) is 0 Å². The van der Waals surface area contributed by atoms with Gasteiger partial charge in [-0.2, -0.15) is 5.26 Å². The summed E-state index contributed by atoms with van der Waals surface area (Å²) in [5.41, 5.74) is 0.246. The number of fused-ring (bicyclic) bond motifs is 1. The number of nitriles is 1. The van der Waals surface area contributed by atoms with Crippen molar-refractivity contribution in [2.45, 2.75) is 43.8 Å². The summed E-state index contributed by atoms with van der Waals surface area (Å²) in [7, 11) is 0. The Kier molecular flexibility index (Phi) is 5.36. The fourth-order valence-electron chi connectivity index (χ4n) is 4.28. The molecular formula is C22H23N3O4. The summed E-state index contributed by atoms with van der Waals surface area (Å²) in [5.74, 6) is -0.330. The molecule has 0 bridgehead atoms. The predicted molar refractivity (Wildman–Crippen MR) is 107 cm³/mol. The van der Waals surface area contributed by atoms with E-state index in [9.17, 15) is 20.0 Å². The predicted octanol–water partition coefficient (Wildman–Crippen LogP) is 2.55. The molecule has 2 heterocycles. The van der Waals surface area contributed by atoms with Crippen LogP contribution in [0.4, 0.5) is 0 Å². The molecule has 1 amide bonds. The number of benzene rings is 2. The normalized spacial score (nSPS) is 23.8. The number of amides is 1. The lowest BCUT2D eigenvalue weighted by molar-refractivity contribution is -0.133. The van der Waals surface area contributed by atoms with Gasteiger partial charge in [0.15, 0.2) is 0 Å². The van der Waals surface area contributed by atoms with Crippen LogP contribution in [0.15, 0.2) is 36.4 Å². The van der Waals surface area contributed by atoms with Crippen molar-refractivity contribution in [3.8, 4) is 11.8 Å². The Balaban J connectivity index is 1.41. The summed E-state index contributed by atoms with van der Waals surface area (Å²) in [4.78, 5) is 25.9. The van der Waals surface area contributed by atoms with Crippen LogP contribution in [0.1, 0.15) is 36.0 Å². The third-order valence-electron chi connectivity index (χ3n) is 5.78. The van der Waals surface area contributed by atoms with Gasteiger partial charge in [-0.25, -0.2) is 4.79 Å². The fourth-order valence-corrected chi connectivity index (χ4v) is 4.28. The number of rotatable bonds is 5. The molecule has 3 atom stereocenters. The molecule has 2 N–H and O–H groups in total. The molecule has 2 saturated heterocycles. The van der Waals surface area contributed by atoms with Gasteiger partial charge in [-0.15, -0.1) is 0 Å². The summed E-state index contributed by atoms with van der Waals surface area (Å²) >= 11 is 0. The lowest BCUT2D eigenvalue weighted by atomic mass is 10.0. The van der Waals surface area contributed by atoms with Gasteiger partial charge < -0.3 is 14.7 Å². The van der Waals surface area contributed by atoms with E-state index in [1.807, 2.05) is 12.1 Å². The molecular weight excluding hydrogens is 370 g/mol. The first kappa shape index (κ1) is 19.2. The molecule has 0 aromatic heterocycles. The number of nitrogens with one attached hydrogen (secondary N) is 1. The van der Waals surface area contributed by atoms with E-state index in [0.717, 1.165) is 31.1 Å². The second-order valence-electron chi connectivity index (χ2n) is 7.59. The van der Waals surface area contributed by atoms with Gasteiger partial charge in [0.1, 0.15) is 18.4 Å². The first-order chi connectivity index (χ1) is 14.1. The van der Waals surface area contributed by atoms with Crippen molar-refractivity contribution >= 4 is 22.6 Å². The highest BCUT2D eigenvalue weighted by Gasteiger charge is 2.37. The third kappa shape index (κ3) is 3.76.